The number of aliphatic carboxylic acids is 1. The molecule has 0 aliphatic rings. The third-order valence-corrected chi connectivity index (χ3v) is 6.35. The smallest absolute Gasteiger partial charge is 0.328 e. The van der Waals surface area contributed by atoms with Crippen LogP contribution in [0.2, 0.25) is 0 Å². The molecule has 3 aromatic rings. The van der Waals surface area contributed by atoms with Gasteiger partial charge in [0.15, 0.2) is 0 Å². The Morgan fingerprint density at radius 3 is 2.11 bits per heavy atom. The highest BCUT2D eigenvalue weighted by atomic mass is 32.1. The Morgan fingerprint density at radius 2 is 1.45 bits per heavy atom. The van der Waals surface area contributed by atoms with Crippen LogP contribution in [0.15, 0.2) is 60.8 Å². The largest absolute Gasteiger partial charge is 0.480 e. The van der Waals surface area contributed by atoms with E-state index >= 15 is 0 Å². The first-order chi connectivity index (χ1) is 18.2. The normalized spacial score (nSPS) is 14.2. The van der Waals surface area contributed by atoms with Gasteiger partial charge in [-0.2, -0.15) is 12.6 Å². The van der Waals surface area contributed by atoms with E-state index in [1.807, 2.05) is 30.3 Å². The van der Waals surface area contributed by atoms with Gasteiger partial charge in [-0.1, -0.05) is 48.5 Å². The number of carboxylic acids is 1. The Kier molecular flexibility index (Phi) is 10.3. The third-order valence-electron chi connectivity index (χ3n) is 5.98. The summed E-state index contributed by atoms with van der Waals surface area (Å²) in [6.07, 6.45) is 2.14. The average molecular weight is 542 g/mol. The molecule has 0 spiro atoms. The number of aliphatic hydroxyl groups excluding tert-OH is 1. The predicted octanol–water partition coefficient (Wildman–Crippen LogP) is -0.258. The Hall–Kier alpha value is -3.87. The molecule has 2 aromatic carbocycles. The summed E-state index contributed by atoms with van der Waals surface area (Å²) >= 11 is 4.09. The van der Waals surface area contributed by atoms with Crippen molar-refractivity contribution < 1.29 is 29.4 Å². The molecular formula is C26H31N5O6S. The first-order valence-corrected chi connectivity index (χ1v) is 12.6. The summed E-state index contributed by atoms with van der Waals surface area (Å²) in [7, 11) is 0. The number of thiol groups is 1. The molecule has 202 valence electrons. The van der Waals surface area contributed by atoms with Crippen molar-refractivity contribution in [3.05, 3.63) is 71.9 Å². The number of carboxylic acid groups (broad SMARTS) is 1. The number of nitrogens with one attached hydrogen (secondary N) is 4. The van der Waals surface area contributed by atoms with Gasteiger partial charge in [0.25, 0.3) is 0 Å². The second kappa shape index (κ2) is 13.6. The molecule has 4 atom stereocenters. The lowest BCUT2D eigenvalue weighted by Gasteiger charge is -2.24. The molecule has 0 saturated heterocycles. The summed E-state index contributed by atoms with van der Waals surface area (Å²) in [5.74, 6) is -3.64. The van der Waals surface area contributed by atoms with Gasteiger partial charge >= 0.3 is 5.97 Å². The maximum absolute atomic E-state index is 13.2. The van der Waals surface area contributed by atoms with Crippen LogP contribution in [-0.2, 0) is 32.0 Å². The van der Waals surface area contributed by atoms with Gasteiger partial charge in [0.2, 0.25) is 17.7 Å². The molecule has 0 aliphatic carbocycles. The fourth-order valence-electron chi connectivity index (χ4n) is 3.89. The van der Waals surface area contributed by atoms with Crippen molar-refractivity contribution in [3.8, 4) is 0 Å². The fourth-order valence-corrected chi connectivity index (χ4v) is 4.15. The van der Waals surface area contributed by atoms with Crippen LogP contribution in [0, 0.1) is 0 Å². The molecular weight excluding hydrogens is 510 g/mol. The highest BCUT2D eigenvalue weighted by Gasteiger charge is 2.30. The van der Waals surface area contributed by atoms with Gasteiger partial charge in [-0.05, 0) is 23.6 Å². The van der Waals surface area contributed by atoms with Crippen LogP contribution >= 0.6 is 12.6 Å². The van der Waals surface area contributed by atoms with E-state index in [-0.39, 0.29) is 18.6 Å². The number of aliphatic hydroxyl groups is 1. The van der Waals surface area contributed by atoms with Crippen molar-refractivity contribution in [2.45, 2.75) is 37.0 Å². The second-order valence-corrected chi connectivity index (χ2v) is 9.11. The molecule has 1 aromatic heterocycles. The van der Waals surface area contributed by atoms with E-state index in [0.717, 1.165) is 22.0 Å². The van der Waals surface area contributed by atoms with Crippen LogP contribution in [0.3, 0.4) is 0 Å². The van der Waals surface area contributed by atoms with E-state index in [4.69, 9.17) is 10.8 Å². The number of hydrogen-bond acceptors (Lipinski definition) is 7. The minimum absolute atomic E-state index is 0.119. The molecule has 0 radical (unpaired) electrons. The van der Waals surface area contributed by atoms with E-state index in [9.17, 15) is 24.3 Å². The van der Waals surface area contributed by atoms with Crippen LogP contribution in [-0.4, -0.2) is 75.4 Å². The fraction of sp³-hybridized carbons (Fsp3) is 0.308. The van der Waals surface area contributed by atoms with Crippen molar-refractivity contribution in [2.24, 2.45) is 5.73 Å². The molecule has 0 fully saturated rings. The monoisotopic (exact) mass is 541 g/mol. The zero-order valence-corrected chi connectivity index (χ0v) is 21.4. The maximum atomic E-state index is 13.2. The van der Waals surface area contributed by atoms with E-state index in [1.165, 1.54) is 0 Å². The zero-order chi connectivity index (χ0) is 27.7. The number of fused-ring (bicyclic) bond motifs is 1. The first-order valence-electron chi connectivity index (χ1n) is 11.9. The number of hydrogen-bond donors (Lipinski definition) is 8. The molecule has 11 nitrogen and oxygen atoms in total. The van der Waals surface area contributed by atoms with Crippen molar-refractivity contribution in [1.29, 1.82) is 0 Å². The van der Waals surface area contributed by atoms with E-state index in [0.29, 0.717) is 0 Å². The molecule has 3 rings (SSSR count). The van der Waals surface area contributed by atoms with Crippen molar-refractivity contribution in [1.82, 2.24) is 20.9 Å². The molecule has 0 bridgehead atoms. The second-order valence-electron chi connectivity index (χ2n) is 8.75. The Morgan fingerprint density at radius 1 is 0.842 bits per heavy atom. The lowest BCUT2D eigenvalue weighted by atomic mass is 10.0. The molecule has 4 unspecified atom stereocenters. The average Bonchev–Trinajstić information content (AvgIpc) is 3.32. The van der Waals surface area contributed by atoms with E-state index in [1.54, 1.807) is 30.5 Å². The van der Waals surface area contributed by atoms with E-state index < -0.39 is 54.5 Å². The number of para-hydroxylation sites is 1. The summed E-state index contributed by atoms with van der Waals surface area (Å²) < 4.78 is 0. The van der Waals surface area contributed by atoms with Crippen LogP contribution in [0.5, 0.6) is 0 Å². The molecule has 1 heterocycles. The number of aromatic amines is 1. The Labute approximate surface area is 224 Å². The molecule has 0 aliphatic heterocycles. The lowest BCUT2D eigenvalue weighted by Crippen LogP contribution is -2.58. The molecule has 3 amide bonds. The third kappa shape index (κ3) is 7.57. The summed E-state index contributed by atoms with van der Waals surface area (Å²) in [4.78, 5) is 53.1. The SMILES string of the molecule is NC(Cc1c[nH]c2ccccc12)C(=O)NC(Cc1ccccc1)C(=O)NC(CS)C(=O)NC(CO)C(=O)O. The lowest BCUT2D eigenvalue weighted by molar-refractivity contribution is -0.143. The summed E-state index contributed by atoms with van der Waals surface area (Å²) in [5, 5.41) is 26.5. The Balaban J connectivity index is 1.72. The number of H-pyrrole nitrogens is 1. The highest BCUT2D eigenvalue weighted by Crippen LogP contribution is 2.19. The quantitative estimate of drug-likeness (QED) is 0.137. The van der Waals surface area contributed by atoms with Crippen LogP contribution in [0.1, 0.15) is 11.1 Å². The van der Waals surface area contributed by atoms with Gasteiger partial charge < -0.3 is 36.9 Å². The van der Waals surface area contributed by atoms with Crippen LogP contribution in [0.4, 0.5) is 0 Å². The number of rotatable bonds is 13. The van der Waals surface area contributed by atoms with Gasteiger partial charge in [-0.25, -0.2) is 4.79 Å². The molecule has 0 saturated carbocycles. The van der Waals surface area contributed by atoms with Crippen LogP contribution < -0.4 is 21.7 Å². The van der Waals surface area contributed by atoms with Crippen LogP contribution in [0.25, 0.3) is 10.9 Å². The highest BCUT2D eigenvalue weighted by molar-refractivity contribution is 7.80. The number of nitrogens with two attached hydrogens (primary N) is 1. The number of carbonyl (C=O) groups excluding carboxylic acids is 3. The van der Waals surface area contributed by atoms with Gasteiger partial charge in [0, 0.05) is 29.3 Å². The zero-order valence-electron chi connectivity index (χ0n) is 20.5. The molecule has 12 heteroatoms. The number of carbonyl (C=O) groups is 4. The van der Waals surface area contributed by atoms with E-state index in [2.05, 4.69) is 33.6 Å². The molecule has 38 heavy (non-hydrogen) atoms. The number of amides is 3. The standard InChI is InChI=1S/C26H31N5O6S/c27-18(11-16-12-28-19-9-5-4-8-17(16)19)23(33)29-20(10-15-6-2-1-3-7-15)24(34)31-22(14-38)25(35)30-21(13-32)26(36)37/h1-9,12,18,20-22,28,32,38H,10-11,13-14,27H2,(H,29,33)(H,30,35)(H,31,34)(H,36,37). The van der Waals surface area contributed by atoms with Crippen molar-refractivity contribution >= 4 is 47.2 Å². The summed E-state index contributed by atoms with van der Waals surface area (Å²) in [5.41, 5.74) is 8.74. The minimum atomic E-state index is -1.54. The van der Waals surface area contributed by atoms with Crippen molar-refractivity contribution in [2.75, 3.05) is 12.4 Å². The topological polar surface area (TPSA) is 187 Å². The summed E-state index contributed by atoms with van der Waals surface area (Å²) in [6.45, 7) is -0.824. The van der Waals surface area contributed by atoms with Gasteiger partial charge in [-0.15, -0.1) is 0 Å². The first kappa shape index (κ1) is 28.7. The van der Waals surface area contributed by atoms with Gasteiger partial charge in [-0.3, -0.25) is 14.4 Å². The van der Waals surface area contributed by atoms with Gasteiger partial charge in [0.1, 0.15) is 18.1 Å². The van der Waals surface area contributed by atoms with Gasteiger partial charge in [0.05, 0.1) is 12.6 Å². The Bertz CT molecular complexity index is 1270. The predicted molar refractivity (Wildman–Crippen MR) is 144 cm³/mol. The van der Waals surface area contributed by atoms with Crippen molar-refractivity contribution in [3.63, 3.8) is 0 Å². The minimum Gasteiger partial charge on any atom is -0.480 e. The number of benzene rings is 2. The summed E-state index contributed by atoms with van der Waals surface area (Å²) in [6, 6.07) is 11.8. The maximum Gasteiger partial charge on any atom is 0.328 e. The number of aromatic nitrogens is 1. The molecule has 8 N–H and O–H groups in total.